The molecule has 1 aliphatic rings. The van der Waals surface area contributed by atoms with Gasteiger partial charge in [0, 0.05) is 19.6 Å². The molecule has 0 spiro atoms. The number of hydrogen-bond acceptors (Lipinski definition) is 4. The van der Waals surface area contributed by atoms with Crippen molar-refractivity contribution in [2.75, 3.05) is 39.8 Å². The van der Waals surface area contributed by atoms with Crippen LogP contribution in [0.5, 0.6) is 0 Å². The molecule has 0 aromatic heterocycles. The van der Waals surface area contributed by atoms with E-state index in [2.05, 4.69) is 4.90 Å². The smallest absolute Gasteiger partial charge is 0.321 e. The summed E-state index contributed by atoms with van der Waals surface area (Å²) in [7, 11) is 1.92. The Morgan fingerprint density at radius 2 is 2.13 bits per heavy atom. The molecule has 1 heterocycles. The lowest BCUT2D eigenvalue weighted by atomic mass is 10.3. The van der Waals surface area contributed by atoms with Gasteiger partial charge in [0.25, 0.3) is 0 Å². The van der Waals surface area contributed by atoms with Crippen LogP contribution in [0.1, 0.15) is 12.8 Å². The Morgan fingerprint density at radius 1 is 1.53 bits per heavy atom. The largest absolute Gasteiger partial charge is 0.480 e. The van der Waals surface area contributed by atoms with Crippen molar-refractivity contribution in [3.8, 4) is 0 Å². The second kappa shape index (κ2) is 6.05. The summed E-state index contributed by atoms with van der Waals surface area (Å²) in [6.07, 6.45) is 2.58. The van der Waals surface area contributed by atoms with E-state index in [-0.39, 0.29) is 0 Å². The first-order chi connectivity index (χ1) is 7.09. The van der Waals surface area contributed by atoms with Crippen molar-refractivity contribution in [3.05, 3.63) is 0 Å². The molecule has 3 N–H and O–H groups in total. The van der Waals surface area contributed by atoms with Crippen LogP contribution in [0.4, 0.5) is 0 Å². The third-order valence-corrected chi connectivity index (χ3v) is 2.82. The Bertz CT molecular complexity index is 205. The SMILES string of the molecule is CN(CCN1CCCC1)CC(N)C(=O)O. The number of likely N-dealkylation sites (tertiary alicyclic amines) is 1. The molecule has 5 nitrogen and oxygen atoms in total. The molecule has 0 aromatic carbocycles. The van der Waals surface area contributed by atoms with E-state index in [0.29, 0.717) is 6.54 Å². The third-order valence-electron chi connectivity index (χ3n) is 2.82. The van der Waals surface area contributed by atoms with Gasteiger partial charge in [0.05, 0.1) is 0 Å². The number of hydrogen-bond donors (Lipinski definition) is 2. The van der Waals surface area contributed by atoms with Crippen molar-refractivity contribution in [2.24, 2.45) is 5.73 Å². The van der Waals surface area contributed by atoms with Crippen molar-refractivity contribution in [2.45, 2.75) is 18.9 Å². The number of likely N-dealkylation sites (N-methyl/N-ethyl adjacent to an activating group) is 1. The lowest BCUT2D eigenvalue weighted by Gasteiger charge is -2.22. The molecule has 0 saturated carbocycles. The Hall–Kier alpha value is -0.650. The van der Waals surface area contributed by atoms with Crippen molar-refractivity contribution in [1.29, 1.82) is 0 Å². The molecular formula is C10H21N3O2. The molecule has 1 unspecified atom stereocenters. The minimum Gasteiger partial charge on any atom is -0.480 e. The van der Waals surface area contributed by atoms with E-state index < -0.39 is 12.0 Å². The van der Waals surface area contributed by atoms with Crippen LogP contribution < -0.4 is 5.73 Å². The lowest BCUT2D eigenvalue weighted by molar-refractivity contribution is -0.138. The highest BCUT2D eigenvalue weighted by molar-refractivity contribution is 5.73. The van der Waals surface area contributed by atoms with E-state index in [0.717, 1.165) is 13.1 Å². The summed E-state index contributed by atoms with van der Waals surface area (Å²) in [6, 6.07) is -0.770. The molecule has 1 atom stereocenters. The molecule has 1 saturated heterocycles. The zero-order chi connectivity index (χ0) is 11.3. The summed E-state index contributed by atoms with van der Waals surface area (Å²) in [5, 5.41) is 8.65. The van der Waals surface area contributed by atoms with Gasteiger partial charge in [-0.05, 0) is 33.0 Å². The molecule has 88 valence electrons. The fraction of sp³-hybridized carbons (Fsp3) is 0.900. The Labute approximate surface area is 90.8 Å². The summed E-state index contributed by atoms with van der Waals surface area (Å²) < 4.78 is 0. The molecule has 0 bridgehead atoms. The fourth-order valence-electron chi connectivity index (χ4n) is 1.82. The van der Waals surface area contributed by atoms with Gasteiger partial charge in [0.2, 0.25) is 0 Å². The van der Waals surface area contributed by atoms with Gasteiger partial charge in [-0.1, -0.05) is 0 Å². The van der Waals surface area contributed by atoms with E-state index in [1.165, 1.54) is 25.9 Å². The minimum absolute atomic E-state index is 0.420. The second-order valence-corrected chi connectivity index (χ2v) is 4.26. The van der Waals surface area contributed by atoms with Gasteiger partial charge in [0.1, 0.15) is 6.04 Å². The third kappa shape index (κ3) is 4.59. The van der Waals surface area contributed by atoms with Crippen molar-refractivity contribution >= 4 is 5.97 Å². The molecule has 0 radical (unpaired) electrons. The lowest BCUT2D eigenvalue weighted by Crippen LogP contribution is -2.43. The van der Waals surface area contributed by atoms with Crippen LogP contribution in [-0.2, 0) is 4.79 Å². The fourth-order valence-corrected chi connectivity index (χ4v) is 1.82. The first-order valence-corrected chi connectivity index (χ1v) is 5.49. The molecule has 0 amide bonds. The summed E-state index contributed by atoms with van der Waals surface area (Å²) in [6.45, 7) is 4.69. The molecule has 1 rings (SSSR count). The zero-order valence-electron chi connectivity index (χ0n) is 9.35. The summed E-state index contributed by atoms with van der Waals surface area (Å²) in [5.41, 5.74) is 5.45. The molecule has 5 heteroatoms. The predicted octanol–water partition coefficient (Wildman–Crippen LogP) is -0.574. The molecular weight excluding hydrogens is 194 g/mol. The number of carboxylic acid groups (broad SMARTS) is 1. The van der Waals surface area contributed by atoms with Crippen LogP contribution >= 0.6 is 0 Å². The monoisotopic (exact) mass is 215 g/mol. The maximum absolute atomic E-state index is 10.5. The van der Waals surface area contributed by atoms with E-state index in [1.54, 1.807) is 0 Å². The van der Waals surface area contributed by atoms with Gasteiger partial charge in [0.15, 0.2) is 0 Å². The number of aliphatic carboxylic acids is 1. The van der Waals surface area contributed by atoms with Crippen molar-refractivity contribution < 1.29 is 9.90 Å². The molecule has 0 aliphatic carbocycles. The van der Waals surface area contributed by atoms with Crippen LogP contribution in [0, 0.1) is 0 Å². The number of nitrogens with two attached hydrogens (primary N) is 1. The predicted molar refractivity (Wildman–Crippen MR) is 58.8 cm³/mol. The van der Waals surface area contributed by atoms with E-state index >= 15 is 0 Å². The molecule has 0 aromatic rings. The highest BCUT2D eigenvalue weighted by atomic mass is 16.4. The van der Waals surface area contributed by atoms with Crippen LogP contribution in [0.3, 0.4) is 0 Å². The number of rotatable bonds is 6. The number of carboxylic acids is 1. The van der Waals surface area contributed by atoms with Crippen LogP contribution in [0.15, 0.2) is 0 Å². The first kappa shape index (κ1) is 12.4. The maximum atomic E-state index is 10.5. The van der Waals surface area contributed by atoms with Gasteiger partial charge in [-0.3, -0.25) is 4.79 Å². The molecule has 15 heavy (non-hydrogen) atoms. The van der Waals surface area contributed by atoms with Gasteiger partial charge in [-0.2, -0.15) is 0 Å². The van der Waals surface area contributed by atoms with Crippen LogP contribution in [-0.4, -0.2) is 66.7 Å². The average molecular weight is 215 g/mol. The van der Waals surface area contributed by atoms with Crippen molar-refractivity contribution in [3.63, 3.8) is 0 Å². The molecule has 1 aliphatic heterocycles. The van der Waals surface area contributed by atoms with Gasteiger partial charge in [-0.25, -0.2) is 0 Å². The van der Waals surface area contributed by atoms with Gasteiger partial charge < -0.3 is 20.6 Å². The Balaban J connectivity index is 2.12. The second-order valence-electron chi connectivity index (χ2n) is 4.26. The first-order valence-electron chi connectivity index (χ1n) is 5.49. The van der Waals surface area contributed by atoms with E-state index in [9.17, 15) is 4.79 Å². The van der Waals surface area contributed by atoms with Gasteiger partial charge in [-0.15, -0.1) is 0 Å². The molecule has 1 fully saturated rings. The van der Waals surface area contributed by atoms with Crippen LogP contribution in [0.2, 0.25) is 0 Å². The number of nitrogens with zero attached hydrogens (tertiary/aromatic N) is 2. The van der Waals surface area contributed by atoms with Gasteiger partial charge >= 0.3 is 5.97 Å². The highest BCUT2D eigenvalue weighted by Crippen LogP contribution is 2.06. The Kier molecular flexibility index (Phi) is 5.01. The average Bonchev–Trinajstić information content (AvgIpc) is 2.66. The normalized spacial score (nSPS) is 19.7. The van der Waals surface area contributed by atoms with E-state index in [1.807, 2.05) is 11.9 Å². The Morgan fingerprint density at radius 3 is 2.67 bits per heavy atom. The zero-order valence-corrected chi connectivity index (χ0v) is 9.35. The summed E-state index contributed by atoms with van der Waals surface area (Å²) in [4.78, 5) is 14.9. The van der Waals surface area contributed by atoms with Crippen LogP contribution in [0.25, 0.3) is 0 Å². The summed E-state index contributed by atoms with van der Waals surface area (Å²) >= 11 is 0. The highest BCUT2D eigenvalue weighted by Gasteiger charge is 2.15. The topological polar surface area (TPSA) is 69.8 Å². The standard InChI is InChI=1S/C10H21N3O2/c1-12(8-9(11)10(14)15)6-7-13-4-2-3-5-13/h9H,2-8,11H2,1H3,(H,14,15). The van der Waals surface area contributed by atoms with Crippen molar-refractivity contribution in [1.82, 2.24) is 9.80 Å². The summed E-state index contributed by atoms with van der Waals surface area (Å²) in [5.74, 6) is -0.928. The van der Waals surface area contributed by atoms with E-state index in [4.69, 9.17) is 10.8 Å². The quantitative estimate of drug-likeness (QED) is 0.621. The maximum Gasteiger partial charge on any atom is 0.321 e. The minimum atomic E-state index is -0.928. The number of carbonyl (C=O) groups is 1.